The molecule has 0 amide bonds. The van der Waals surface area contributed by atoms with E-state index in [4.69, 9.17) is 0 Å². The van der Waals surface area contributed by atoms with Gasteiger partial charge < -0.3 is 9.59 Å². The van der Waals surface area contributed by atoms with Crippen molar-refractivity contribution in [2.45, 2.75) is 19.3 Å². The first-order chi connectivity index (χ1) is 4.85. The number of hydrogen-bond donors (Lipinski definition) is 0. The Kier molecular flexibility index (Phi) is 5.63. The highest BCUT2D eigenvalue weighted by molar-refractivity contribution is 5.56. The first-order valence-corrected chi connectivity index (χ1v) is 3.36. The van der Waals surface area contributed by atoms with E-state index < -0.39 is 0 Å². The first-order valence-electron chi connectivity index (χ1n) is 3.36. The van der Waals surface area contributed by atoms with Crippen LogP contribution in [0.3, 0.4) is 0 Å². The highest BCUT2D eigenvalue weighted by Gasteiger charge is 1.99. The van der Waals surface area contributed by atoms with E-state index in [2.05, 4.69) is 6.58 Å². The third-order valence-electron chi connectivity index (χ3n) is 1.34. The molecule has 0 heterocycles. The van der Waals surface area contributed by atoms with Crippen molar-refractivity contribution < 1.29 is 9.59 Å². The second kappa shape index (κ2) is 6.20. The molecule has 0 spiro atoms. The zero-order chi connectivity index (χ0) is 7.82. The zero-order valence-electron chi connectivity index (χ0n) is 5.95. The average molecular weight is 140 g/mol. The van der Waals surface area contributed by atoms with Crippen molar-refractivity contribution in [2.75, 3.05) is 0 Å². The molecule has 0 saturated heterocycles. The Balaban J connectivity index is 3.34. The summed E-state index contributed by atoms with van der Waals surface area (Å²) in [5, 5.41) is 0. The first kappa shape index (κ1) is 9.08. The average Bonchev–Trinajstić information content (AvgIpc) is 1.99. The lowest BCUT2D eigenvalue weighted by Crippen LogP contribution is -1.96. The number of unbranched alkanes of at least 4 members (excludes halogenated alkanes) is 1. The molecule has 1 unspecified atom stereocenters. The summed E-state index contributed by atoms with van der Waals surface area (Å²) in [7, 11) is 0. The van der Waals surface area contributed by atoms with Crippen molar-refractivity contribution in [2.24, 2.45) is 5.92 Å². The Morgan fingerprint density at radius 1 is 1.40 bits per heavy atom. The summed E-state index contributed by atoms with van der Waals surface area (Å²) in [6, 6.07) is 0. The predicted molar refractivity (Wildman–Crippen MR) is 39.7 cm³/mol. The molecule has 0 aromatic rings. The molecule has 0 aromatic carbocycles. The van der Waals surface area contributed by atoms with Gasteiger partial charge in [-0.1, -0.05) is 6.08 Å². The van der Waals surface area contributed by atoms with Gasteiger partial charge in [-0.2, -0.15) is 0 Å². The molecular weight excluding hydrogens is 128 g/mol. The van der Waals surface area contributed by atoms with Crippen LogP contribution >= 0.6 is 0 Å². The van der Waals surface area contributed by atoms with Gasteiger partial charge in [0.1, 0.15) is 12.6 Å². The molecule has 0 rings (SSSR count). The Morgan fingerprint density at radius 2 is 2.10 bits per heavy atom. The summed E-state index contributed by atoms with van der Waals surface area (Å²) in [6.07, 6.45) is 5.39. The van der Waals surface area contributed by atoms with Gasteiger partial charge in [0.15, 0.2) is 0 Å². The Morgan fingerprint density at radius 3 is 2.50 bits per heavy atom. The molecule has 2 heteroatoms. The van der Waals surface area contributed by atoms with Gasteiger partial charge >= 0.3 is 0 Å². The molecule has 10 heavy (non-hydrogen) atoms. The number of carbonyl (C=O) groups is 2. The monoisotopic (exact) mass is 140 g/mol. The van der Waals surface area contributed by atoms with Crippen LogP contribution in [-0.2, 0) is 9.59 Å². The van der Waals surface area contributed by atoms with Crippen molar-refractivity contribution in [3.63, 3.8) is 0 Å². The maximum atomic E-state index is 10.2. The minimum absolute atomic E-state index is 0.0695. The Hall–Kier alpha value is -0.920. The fourth-order valence-corrected chi connectivity index (χ4v) is 0.678. The summed E-state index contributed by atoms with van der Waals surface area (Å²) in [5.41, 5.74) is 0. The van der Waals surface area contributed by atoms with Crippen LogP contribution in [0.2, 0.25) is 0 Å². The van der Waals surface area contributed by atoms with Crippen molar-refractivity contribution in [3.8, 4) is 0 Å². The number of carbonyl (C=O) groups excluding carboxylic acids is 2. The van der Waals surface area contributed by atoms with E-state index in [9.17, 15) is 9.59 Å². The van der Waals surface area contributed by atoms with Crippen LogP contribution in [0, 0.1) is 5.92 Å². The van der Waals surface area contributed by atoms with E-state index in [-0.39, 0.29) is 5.92 Å². The van der Waals surface area contributed by atoms with E-state index in [1.54, 1.807) is 6.08 Å². The normalized spacial score (nSPS) is 12.0. The Bertz CT molecular complexity index is 110. The predicted octanol–water partition coefficient (Wildman–Crippen LogP) is 1.36. The van der Waals surface area contributed by atoms with Gasteiger partial charge in [-0.05, 0) is 12.8 Å². The highest BCUT2D eigenvalue weighted by atomic mass is 16.1. The molecule has 0 aromatic heterocycles. The molecule has 0 N–H and O–H groups in total. The minimum atomic E-state index is -0.0695. The van der Waals surface area contributed by atoms with Crippen molar-refractivity contribution in [1.82, 2.24) is 0 Å². The standard InChI is InChI=1S/C8H12O2/c1-2-8(7-10)5-3-4-6-9/h2,6-8H,1,3-5H2. The lowest BCUT2D eigenvalue weighted by Gasteiger charge is -1.99. The van der Waals surface area contributed by atoms with Gasteiger partial charge in [-0.15, -0.1) is 6.58 Å². The maximum absolute atomic E-state index is 10.2. The summed E-state index contributed by atoms with van der Waals surface area (Å²) < 4.78 is 0. The van der Waals surface area contributed by atoms with Crippen molar-refractivity contribution in [1.29, 1.82) is 0 Å². The van der Waals surface area contributed by atoms with E-state index >= 15 is 0 Å². The van der Waals surface area contributed by atoms with Crippen LogP contribution in [0.1, 0.15) is 19.3 Å². The topological polar surface area (TPSA) is 34.1 Å². The summed E-state index contributed by atoms with van der Waals surface area (Å²) in [6.45, 7) is 3.49. The van der Waals surface area contributed by atoms with Gasteiger partial charge in [-0.3, -0.25) is 0 Å². The number of hydrogen-bond acceptors (Lipinski definition) is 2. The van der Waals surface area contributed by atoms with Crippen molar-refractivity contribution >= 4 is 12.6 Å². The number of allylic oxidation sites excluding steroid dienone is 1. The van der Waals surface area contributed by atoms with Gasteiger partial charge in [0.05, 0.1) is 0 Å². The second-order valence-corrected chi connectivity index (χ2v) is 2.13. The molecule has 0 bridgehead atoms. The smallest absolute Gasteiger partial charge is 0.126 e. The lowest BCUT2D eigenvalue weighted by molar-refractivity contribution is -0.111. The molecule has 0 radical (unpaired) electrons. The fourth-order valence-electron chi connectivity index (χ4n) is 0.678. The molecule has 1 atom stereocenters. The largest absolute Gasteiger partial charge is 0.303 e. The molecule has 56 valence electrons. The molecule has 2 nitrogen and oxygen atoms in total. The summed E-state index contributed by atoms with van der Waals surface area (Å²) >= 11 is 0. The molecule has 0 fully saturated rings. The van der Waals surface area contributed by atoms with E-state index in [1.807, 2.05) is 0 Å². The van der Waals surface area contributed by atoms with Crippen LogP contribution in [0.25, 0.3) is 0 Å². The van der Waals surface area contributed by atoms with Gasteiger partial charge in [0, 0.05) is 12.3 Å². The van der Waals surface area contributed by atoms with Gasteiger partial charge in [0.2, 0.25) is 0 Å². The summed E-state index contributed by atoms with van der Waals surface area (Å²) in [5.74, 6) is -0.0695. The van der Waals surface area contributed by atoms with Crippen LogP contribution in [-0.4, -0.2) is 12.6 Å². The summed E-state index contributed by atoms with van der Waals surface area (Å²) in [4.78, 5) is 20.0. The third kappa shape index (κ3) is 4.01. The van der Waals surface area contributed by atoms with Gasteiger partial charge in [0.25, 0.3) is 0 Å². The number of aldehydes is 2. The third-order valence-corrected chi connectivity index (χ3v) is 1.34. The maximum Gasteiger partial charge on any atom is 0.126 e. The quantitative estimate of drug-likeness (QED) is 0.317. The van der Waals surface area contributed by atoms with Gasteiger partial charge in [-0.25, -0.2) is 0 Å². The molecule has 0 aliphatic heterocycles. The van der Waals surface area contributed by atoms with E-state index in [1.165, 1.54) is 0 Å². The fraction of sp³-hybridized carbons (Fsp3) is 0.500. The lowest BCUT2D eigenvalue weighted by atomic mass is 10.0. The van der Waals surface area contributed by atoms with Crippen molar-refractivity contribution in [3.05, 3.63) is 12.7 Å². The molecule has 0 aliphatic carbocycles. The Labute approximate surface area is 60.9 Å². The van der Waals surface area contributed by atoms with Crippen LogP contribution < -0.4 is 0 Å². The minimum Gasteiger partial charge on any atom is -0.303 e. The molecule has 0 aliphatic rings. The molecular formula is C8H12O2. The second-order valence-electron chi connectivity index (χ2n) is 2.13. The number of rotatable bonds is 6. The molecule has 0 saturated carbocycles. The van der Waals surface area contributed by atoms with Crippen LogP contribution in [0.5, 0.6) is 0 Å². The van der Waals surface area contributed by atoms with Crippen LogP contribution in [0.4, 0.5) is 0 Å². The SMILES string of the molecule is C=CC(C=O)CCCC=O. The highest BCUT2D eigenvalue weighted by Crippen LogP contribution is 2.05. The van der Waals surface area contributed by atoms with Crippen LogP contribution in [0.15, 0.2) is 12.7 Å². The van der Waals surface area contributed by atoms with E-state index in [0.29, 0.717) is 6.42 Å². The zero-order valence-corrected chi connectivity index (χ0v) is 5.95. The van der Waals surface area contributed by atoms with E-state index in [0.717, 1.165) is 25.4 Å².